The number of hydrogen-bond donors (Lipinski definition) is 2. The lowest BCUT2D eigenvalue weighted by Crippen LogP contribution is -2.34. The summed E-state index contributed by atoms with van der Waals surface area (Å²) in [4.78, 5) is 11.7. The third-order valence-electron chi connectivity index (χ3n) is 2.88. The van der Waals surface area contributed by atoms with Crippen molar-refractivity contribution in [3.63, 3.8) is 0 Å². The number of carbonyl (C=O) groups is 1. The maximum Gasteiger partial charge on any atom is 0.241 e. The lowest BCUT2D eigenvalue weighted by atomic mass is 10.2. The number of amides is 1. The van der Waals surface area contributed by atoms with Crippen molar-refractivity contribution >= 4 is 11.6 Å². The molecule has 0 unspecified atom stereocenters. The van der Waals surface area contributed by atoms with Gasteiger partial charge in [-0.2, -0.15) is 0 Å². The number of nitrogens with two attached hydrogens (primary N) is 1. The van der Waals surface area contributed by atoms with E-state index in [0.717, 1.165) is 5.75 Å². The number of anilines is 1. The Hall–Kier alpha value is -2.33. The number of benzene rings is 2. The summed E-state index contributed by atoms with van der Waals surface area (Å²) in [5, 5.41) is 2.76. The normalized spacial score (nSPS) is 11.7. The highest BCUT2D eigenvalue weighted by Gasteiger charge is 2.10. The monoisotopic (exact) mass is 270 g/mol. The quantitative estimate of drug-likeness (QED) is 0.877. The van der Waals surface area contributed by atoms with Crippen LogP contribution >= 0.6 is 0 Å². The fourth-order valence-corrected chi connectivity index (χ4v) is 1.65. The van der Waals surface area contributed by atoms with Crippen LogP contribution in [0.2, 0.25) is 0 Å². The van der Waals surface area contributed by atoms with E-state index in [-0.39, 0.29) is 5.91 Å². The van der Waals surface area contributed by atoms with E-state index in [1.165, 1.54) is 0 Å². The van der Waals surface area contributed by atoms with Crippen LogP contribution in [-0.2, 0) is 4.79 Å². The van der Waals surface area contributed by atoms with E-state index in [4.69, 9.17) is 10.5 Å². The van der Waals surface area contributed by atoms with Gasteiger partial charge in [0.05, 0.1) is 6.04 Å². The maximum atomic E-state index is 11.7. The molecule has 0 aliphatic heterocycles. The van der Waals surface area contributed by atoms with Gasteiger partial charge in [0, 0.05) is 5.69 Å². The molecule has 0 bridgehead atoms. The van der Waals surface area contributed by atoms with Gasteiger partial charge in [0.1, 0.15) is 11.5 Å². The number of para-hydroxylation sites is 1. The van der Waals surface area contributed by atoms with Gasteiger partial charge in [-0.25, -0.2) is 0 Å². The second-order valence-electron chi connectivity index (χ2n) is 4.44. The topological polar surface area (TPSA) is 64.4 Å². The zero-order valence-corrected chi connectivity index (χ0v) is 11.4. The fourth-order valence-electron chi connectivity index (χ4n) is 1.65. The van der Waals surface area contributed by atoms with Gasteiger partial charge in [-0.1, -0.05) is 25.1 Å². The summed E-state index contributed by atoms with van der Waals surface area (Å²) in [5.41, 5.74) is 6.37. The van der Waals surface area contributed by atoms with Crippen LogP contribution in [0.1, 0.15) is 13.3 Å². The summed E-state index contributed by atoms with van der Waals surface area (Å²) in [5.74, 6) is 1.32. The molecule has 0 saturated heterocycles. The molecule has 20 heavy (non-hydrogen) atoms. The number of rotatable bonds is 5. The molecule has 0 fully saturated rings. The molecule has 2 aromatic carbocycles. The van der Waals surface area contributed by atoms with E-state index < -0.39 is 6.04 Å². The Morgan fingerprint density at radius 2 is 1.70 bits per heavy atom. The van der Waals surface area contributed by atoms with E-state index in [0.29, 0.717) is 17.9 Å². The molecular weight excluding hydrogens is 252 g/mol. The van der Waals surface area contributed by atoms with Crippen molar-refractivity contribution in [1.82, 2.24) is 0 Å². The van der Waals surface area contributed by atoms with Crippen LogP contribution in [0.4, 0.5) is 5.69 Å². The first-order valence-corrected chi connectivity index (χ1v) is 6.58. The third-order valence-corrected chi connectivity index (χ3v) is 2.88. The summed E-state index contributed by atoms with van der Waals surface area (Å²) < 4.78 is 5.67. The zero-order chi connectivity index (χ0) is 14.4. The third kappa shape index (κ3) is 3.83. The van der Waals surface area contributed by atoms with Crippen molar-refractivity contribution in [3.8, 4) is 11.5 Å². The molecule has 0 aliphatic rings. The first kappa shape index (κ1) is 14.1. The molecule has 0 spiro atoms. The highest BCUT2D eigenvalue weighted by molar-refractivity contribution is 5.94. The van der Waals surface area contributed by atoms with Gasteiger partial charge in [0.2, 0.25) is 5.91 Å². The van der Waals surface area contributed by atoms with Gasteiger partial charge in [0.25, 0.3) is 0 Å². The molecule has 1 atom stereocenters. The van der Waals surface area contributed by atoms with E-state index in [1.54, 1.807) is 24.3 Å². The molecular formula is C16H18N2O2. The molecule has 2 aromatic rings. The Balaban J connectivity index is 1.98. The van der Waals surface area contributed by atoms with Gasteiger partial charge < -0.3 is 15.8 Å². The maximum absolute atomic E-state index is 11.7. The van der Waals surface area contributed by atoms with Gasteiger partial charge in [-0.3, -0.25) is 4.79 Å². The standard InChI is InChI=1S/C16H18N2O2/c1-2-15(17)16(19)18-12-8-10-14(11-9-12)20-13-6-4-3-5-7-13/h3-11,15H,2,17H2,1H3,(H,18,19)/t15-/m1/s1. The first-order valence-electron chi connectivity index (χ1n) is 6.58. The molecule has 4 heteroatoms. The van der Waals surface area contributed by atoms with Crippen LogP contribution in [0.25, 0.3) is 0 Å². The molecule has 104 valence electrons. The molecule has 0 radical (unpaired) electrons. The van der Waals surface area contributed by atoms with Crippen LogP contribution in [0.5, 0.6) is 11.5 Å². The van der Waals surface area contributed by atoms with Gasteiger partial charge in [-0.15, -0.1) is 0 Å². The van der Waals surface area contributed by atoms with Crippen LogP contribution in [0.3, 0.4) is 0 Å². The first-order chi connectivity index (χ1) is 9.69. The largest absolute Gasteiger partial charge is 0.457 e. The SMILES string of the molecule is CC[C@@H](N)C(=O)Nc1ccc(Oc2ccccc2)cc1. The number of ether oxygens (including phenoxy) is 1. The fraction of sp³-hybridized carbons (Fsp3) is 0.188. The minimum absolute atomic E-state index is 0.177. The van der Waals surface area contributed by atoms with Crippen molar-refractivity contribution < 1.29 is 9.53 Å². The van der Waals surface area contributed by atoms with E-state index >= 15 is 0 Å². The van der Waals surface area contributed by atoms with Gasteiger partial charge in [-0.05, 0) is 42.8 Å². The van der Waals surface area contributed by atoms with E-state index in [9.17, 15) is 4.79 Å². The molecule has 0 aromatic heterocycles. The molecule has 0 saturated carbocycles. The summed E-state index contributed by atoms with van der Waals surface area (Å²) in [6.07, 6.45) is 0.612. The van der Waals surface area contributed by atoms with Crippen LogP contribution < -0.4 is 15.8 Å². The summed E-state index contributed by atoms with van der Waals surface area (Å²) >= 11 is 0. The average molecular weight is 270 g/mol. The van der Waals surface area contributed by atoms with Crippen LogP contribution in [0.15, 0.2) is 54.6 Å². The van der Waals surface area contributed by atoms with E-state index in [1.807, 2.05) is 37.3 Å². The molecule has 4 nitrogen and oxygen atoms in total. The number of hydrogen-bond acceptors (Lipinski definition) is 3. The smallest absolute Gasteiger partial charge is 0.241 e. The predicted molar refractivity (Wildman–Crippen MR) is 79.9 cm³/mol. The highest BCUT2D eigenvalue weighted by atomic mass is 16.5. The van der Waals surface area contributed by atoms with Crippen molar-refractivity contribution in [2.45, 2.75) is 19.4 Å². The summed E-state index contributed by atoms with van der Waals surface area (Å²) in [6, 6.07) is 16.2. The average Bonchev–Trinajstić information content (AvgIpc) is 2.49. The summed E-state index contributed by atoms with van der Waals surface area (Å²) in [7, 11) is 0. The highest BCUT2D eigenvalue weighted by Crippen LogP contribution is 2.22. The Morgan fingerprint density at radius 1 is 1.10 bits per heavy atom. The Kier molecular flexibility index (Phi) is 4.74. The van der Waals surface area contributed by atoms with Crippen LogP contribution in [-0.4, -0.2) is 11.9 Å². The molecule has 0 aliphatic carbocycles. The molecule has 0 heterocycles. The Bertz CT molecular complexity index is 552. The molecule has 2 rings (SSSR count). The number of nitrogens with one attached hydrogen (secondary N) is 1. The van der Waals surface area contributed by atoms with Gasteiger partial charge in [0.15, 0.2) is 0 Å². The molecule has 3 N–H and O–H groups in total. The van der Waals surface area contributed by atoms with Gasteiger partial charge >= 0.3 is 0 Å². The lowest BCUT2D eigenvalue weighted by Gasteiger charge is -2.11. The molecule has 1 amide bonds. The zero-order valence-electron chi connectivity index (χ0n) is 11.4. The second-order valence-corrected chi connectivity index (χ2v) is 4.44. The van der Waals surface area contributed by atoms with Crippen molar-refractivity contribution in [2.24, 2.45) is 5.73 Å². The van der Waals surface area contributed by atoms with Crippen molar-refractivity contribution in [3.05, 3.63) is 54.6 Å². The minimum Gasteiger partial charge on any atom is -0.457 e. The van der Waals surface area contributed by atoms with Crippen molar-refractivity contribution in [1.29, 1.82) is 0 Å². The number of carbonyl (C=O) groups excluding carboxylic acids is 1. The predicted octanol–water partition coefficient (Wildman–Crippen LogP) is 3.15. The lowest BCUT2D eigenvalue weighted by molar-refractivity contribution is -0.117. The van der Waals surface area contributed by atoms with Crippen LogP contribution in [0, 0.1) is 0 Å². The summed E-state index contributed by atoms with van der Waals surface area (Å²) in [6.45, 7) is 1.88. The van der Waals surface area contributed by atoms with E-state index in [2.05, 4.69) is 5.32 Å². The second kappa shape index (κ2) is 6.73. The Labute approximate surface area is 118 Å². The minimum atomic E-state index is -0.477. The Morgan fingerprint density at radius 3 is 2.30 bits per heavy atom. The van der Waals surface area contributed by atoms with Crippen molar-refractivity contribution in [2.75, 3.05) is 5.32 Å².